The Morgan fingerprint density at radius 3 is 2.67 bits per heavy atom. The highest BCUT2D eigenvalue weighted by molar-refractivity contribution is 5.78. The normalized spacial score (nSPS) is 15.1. The zero-order valence-electron chi connectivity index (χ0n) is 14.4. The number of imidazole rings is 1. The molecule has 4 heteroatoms. The van der Waals surface area contributed by atoms with Crippen LogP contribution in [-0.4, -0.2) is 18.1 Å². The fourth-order valence-electron chi connectivity index (χ4n) is 4.10. The third-order valence-electron chi connectivity index (χ3n) is 5.29. The molecule has 1 aliphatic heterocycles. The molecular weight excluding hydrogens is 296 g/mol. The molecular formula is C20H23N4+. The lowest BCUT2D eigenvalue weighted by atomic mass is 10.0. The Balaban J connectivity index is 2.16. The number of pyridine rings is 1. The van der Waals surface area contributed by atoms with Crippen molar-refractivity contribution in [2.24, 2.45) is 0 Å². The van der Waals surface area contributed by atoms with E-state index in [1.807, 2.05) is 6.07 Å². The van der Waals surface area contributed by atoms with Crippen LogP contribution < -0.4 is 9.30 Å². The smallest absolute Gasteiger partial charge is 0.250 e. The second kappa shape index (κ2) is 5.83. The molecule has 1 fully saturated rings. The monoisotopic (exact) mass is 319 g/mol. The van der Waals surface area contributed by atoms with Crippen molar-refractivity contribution in [2.45, 2.75) is 39.5 Å². The Morgan fingerprint density at radius 1 is 1.21 bits per heavy atom. The van der Waals surface area contributed by atoms with Crippen LogP contribution in [-0.2, 0) is 6.42 Å². The number of piperidine rings is 1. The van der Waals surface area contributed by atoms with E-state index >= 15 is 0 Å². The summed E-state index contributed by atoms with van der Waals surface area (Å²) in [6.07, 6.45) is 4.74. The fraction of sp³-hybridized carbons (Fsp3) is 0.400. The fourth-order valence-corrected chi connectivity index (χ4v) is 4.10. The SMILES string of the molecule is CCc1c(C)c(C#N)c2[nH]c3ccccc3[n+]2c1N1CCCCC1. The Morgan fingerprint density at radius 2 is 1.96 bits per heavy atom. The van der Waals surface area contributed by atoms with Crippen molar-refractivity contribution in [3.05, 3.63) is 41.0 Å². The van der Waals surface area contributed by atoms with Gasteiger partial charge in [-0.1, -0.05) is 19.1 Å². The number of para-hydroxylation sites is 2. The van der Waals surface area contributed by atoms with Crippen LogP contribution in [0.25, 0.3) is 16.7 Å². The van der Waals surface area contributed by atoms with Crippen molar-refractivity contribution in [3.8, 4) is 6.07 Å². The molecule has 1 N–H and O–H groups in total. The van der Waals surface area contributed by atoms with Crippen LogP contribution in [0.1, 0.15) is 42.9 Å². The summed E-state index contributed by atoms with van der Waals surface area (Å²) in [5, 5.41) is 9.77. The minimum absolute atomic E-state index is 0.767. The number of anilines is 1. The second-order valence-corrected chi connectivity index (χ2v) is 6.64. The Labute approximate surface area is 142 Å². The van der Waals surface area contributed by atoms with Gasteiger partial charge in [-0.2, -0.15) is 9.66 Å². The molecule has 24 heavy (non-hydrogen) atoms. The van der Waals surface area contributed by atoms with Crippen molar-refractivity contribution in [1.82, 2.24) is 4.98 Å². The summed E-state index contributed by atoms with van der Waals surface area (Å²) in [6, 6.07) is 10.8. The standard InChI is InChI=1S/C20H22N4/c1-3-15-14(2)16(13-21)19-22-17-9-5-6-10-18(17)24(19)20(15)23-11-7-4-8-12-23/h5-6,9-10H,3-4,7-8,11-12H2,1-2H3/p+1. The van der Waals surface area contributed by atoms with E-state index in [4.69, 9.17) is 0 Å². The largest absolute Gasteiger partial charge is 0.292 e. The van der Waals surface area contributed by atoms with Crippen molar-refractivity contribution < 1.29 is 4.40 Å². The van der Waals surface area contributed by atoms with Gasteiger partial charge in [0.15, 0.2) is 0 Å². The minimum atomic E-state index is 0.767. The molecule has 2 aromatic heterocycles. The first-order valence-electron chi connectivity index (χ1n) is 8.89. The Kier molecular flexibility index (Phi) is 3.65. The summed E-state index contributed by atoms with van der Waals surface area (Å²) >= 11 is 0. The summed E-state index contributed by atoms with van der Waals surface area (Å²) in [5.41, 5.74) is 6.35. The van der Waals surface area contributed by atoms with E-state index in [0.717, 1.165) is 47.3 Å². The van der Waals surface area contributed by atoms with Crippen LogP contribution in [0.3, 0.4) is 0 Å². The maximum Gasteiger partial charge on any atom is 0.250 e. The molecule has 0 spiro atoms. The molecule has 0 atom stereocenters. The topological polar surface area (TPSA) is 46.9 Å². The molecule has 0 unspecified atom stereocenters. The second-order valence-electron chi connectivity index (χ2n) is 6.64. The lowest BCUT2D eigenvalue weighted by Gasteiger charge is -2.27. The number of H-pyrrole nitrogens is 1. The molecule has 0 saturated carbocycles. The highest BCUT2D eigenvalue weighted by Gasteiger charge is 2.29. The number of nitrogens with one attached hydrogen (secondary N) is 1. The van der Waals surface area contributed by atoms with Crippen molar-refractivity contribution >= 4 is 22.5 Å². The Bertz CT molecular complexity index is 955. The van der Waals surface area contributed by atoms with Gasteiger partial charge in [0.1, 0.15) is 22.7 Å². The first-order valence-corrected chi connectivity index (χ1v) is 8.89. The van der Waals surface area contributed by atoms with Gasteiger partial charge in [-0.3, -0.25) is 9.88 Å². The molecule has 0 bridgehead atoms. The number of rotatable bonds is 2. The average molecular weight is 319 g/mol. The third kappa shape index (κ3) is 2.08. The van der Waals surface area contributed by atoms with Gasteiger partial charge in [0.2, 0.25) is 11.5 Å². The predicted octanol–water partition coefficient (Wildman–Crippen LogP) is 3.64. The third-order valence-corrected chi connectivity index (χ3v) is 5.29. The van der Waals surface area contributed by atoms with Gasteiger partial charge in [-0.05, 0) is 50.3 Å². The quantitative estimate of drug-likeness (QED) is 0.733. The Hall–Kier alpha value is -2.54. The number of hydrogen-bond donors (Lipinski definition) is 1. The molecule has 1 aromatic carbocycles. The zero-order valence-corrected chi connectivity index (χ0v) is 14.4. The summed E-state index contributed by atoms with van der Waals surface area (Å²) in [7, 11) is 0. The van der Waals surface area contributed by atoms with Gasteiger partial charge < -0.3 is 0 Å². The van der Waals surface area contributed by atoms with Gasteiger partial charge in [-0.25, -0.2) is 0 Å². The first-order chi connectivity index (χ1) is 11.8. The maximum atomic E-state index is 9.77. The van der Waals surface area contributed by atoms with E-state index in [1.54, 1.807) is 0 Å². The van der Waals surface area contributed by atoms with E-state index in [1.165, 1.54) is 30.6 Å². The van der Waals surface area contributed by atoms with Crippen LogP contribution in [0.4, 0.5) is 5.82 Å². The number of benzene rings is 1. The zero-order chi connectivity index (χ0) is 16.7. The minimum Gasteiger partial charge on any atom is -0.292 e. The molecule has 122 valence electrons. The van der Waals surface area contributed by atoms with E-state index < -0.39 is 0 Å². The average Bonchev–Trinajstić information content (AvgIpc) is 3.00. The lowest BCUT2D eigenvalue weighted by molar-refractivity contribution is -0.468. The molecule has 1 aliphatic rings. The molecule has 4 rings (SSSR count). The number of hydrogen-bond acceptors (Lipinski definition) is 2. The highest BCUT2D eigenvalue weighted by Crippen LogP contribution is 2.29. The lowest BCUT2D eigenvalue weighted by Crippen LogP contribution is -2.40. The molecule has 3 aromatic rings. The molecule has 3 heterocycles. The van der Waals surface area contributed by atoms with Crippen LogP contribution in [0.5, 0.6) is 0 Å². The molecule has 0 aliphatic carbocycles. The molecule has 0 amide bonds. The number of aromatic amines is 1. The summed E-state index contributed by atoms with van der Waals surface area (Å²) in [6.45, 7) is 6.48. The number of fused-ring (bicyclic) bond motifs is 3. The summed E-state index contributed by atoms with van der Waals surface area (Å²) in [4.78, 5) is 6.00. The van der Waals surface area contributed by atoms with Crippen LogP contribution in [0.2, 0.25) is 0 Å². The van der Waals surface area contributed by atoms with Gasteiger partial charge in [0.25, 0.3) is 0 Å². The van der Waals surface area contributed by atoms with Crippen molar-refractivity contribution in [2.75, 3.05) is 18.0 Å². The van der Waals surface area contributed by atoms with Gasteiger partial charge in [0.05, 0.1) is 13.1 Å². The van der Waals surface area contributed by atoms with Crippen LogP contribution in [0.15, 0.2) is 24.3 Å². The van der Waals surface area contributed by atoms with Crippen LogP contribution in [0, 0.1) is 18.3 Å². The first kappa shape index (κ1) is 15.0. The molecule has 4 nitrogen and oxygen atoms in total. The van der Waals surface area contributed by atoms with Crippen molar-refractivity contribution in [1.29, 1.82) is 5.26 Å². The van der Waals surface area contributed by atoms with E-state index in [9.17, 15) is 5.26 Å². The van der Waals surface area contributed by atoms with E-state index in [-0.39, 0.29) is 0 Å². The maximum absolute atomic E-state index is 9.77. The van der Waals surface area contributed by atoms with Gasteiger partial charge in [0, 0.05) is 5.56 Å². The van der Waals surface area contributed by atoms with Crippen LogP contribution >= 0.6 is 0 Å². The molecule has 1 saturated heterocycles. The highest BCUT2D eigenvalue weighted by atomic mass is 15.2. The number of aromatic nitrogens is 2. The molecule has 0 radical (unpaired) electrons. The predicted molar refractivity (Wildman–Crippen MR) is 96.4 cm³/mol. The van der Waals surface area contributed by atoms with E-state index in [0.29, 0.717) is 0 Å². The number of nitrogens with zero attached hydrogens (tertiary/aromatic N) is 3. The van der Waals surface area contributed by atoms with Gasteiger partial charge >= 0.3 is 0 Å². The van der Waals surface area contributed by atoms with Crippen molar-refractivity contribution in [3.63, 3.8) is 0 Å². The summed E-state index contributed by atoms with van der Waals surface area (Å²) < 4.78 is 2.28. The summed E-state index contributed by atoms with van der Waals surface area (Å²) in [5.74, 6) is 1.28. The number of nitriles is 1. The van der Waals surface area contributed by atoms with E-state index in [2.05, 4.69) is 52.4 Å². The van der Waals surface area contributed by atoms with Gasteiger partial charge in [-0.15, -0.1) is 0 Å².